The van der Waals surface area contributed by atoms with Crippen molar-refractivity contribution in [1.82, 2.24) is 4.98 Å². The molecular weight excluding hydrogens is 284 g/mol. The number of oxazole rings is 1. The molecule has 0 radical (unpaired) electrons. The summed E-state index contributed by atoms with van der Waals surface area (Å²) in [6.45, 7) is 3.72. The molecule has 1 amide bonds. The van der Waals surface area contributed by atoms with E-state index < -0.39 is 0 Å². The molecular formula is C13H13ClN2O2S. The Hall–Kier alpha value is -1.46. The Bertz CT molecular complexity index is 579. The number of carbonyl (C=O) groups excluding carboxylic acids is 1. The zero-order chi connectivity index (χ0) is 13.8. The van der Waals surface area contributed by atoms with E-state index in [0.29, 0.717) is 15.9 Å². The number of carbonyl (C=O) groups is 1. The first-order valence-electron chi connectivity index (χ1n) is 5.67. The number of nitrogens with one attached hydrogen (secondary N) is 1. The molecule has 0 saturated carbocycles. The fraction of sp³-hybridized carbons (Fsp3) is 0.231. The minimum atomic E-state index is -0.124. The van der Waals surface area contributed by atoms with Crippen LogP contribution >= 0.6 is 23.4 Å². The summed E-state index contributed by atoms with van der Waals surface area (Å²) in [6.07, 6.45) is 0. The van der Waals surface area contributed by atoms with Crippen LogP contribution < -0.4 is 5.32 Å². The van der Waals surface area contributed by atoms with Gasteiger partial charge in [-0.25, -0.2) is 4.98 Å². The molecule has 1 aromatic heterocycles. The van der Waals surface area contributed by atoms with Crippen molar-refractivity contribution in [3.8, 4) is 0 Å². The first kappa shape index (κ1) is 14.0. The molecule has 2 rings (SSSR count). The summed E-state index contributed by atoms with van der Waals surface area (Å²) in [7, 11) is 0. The van der Waals surface area contributed by atoms with E-state index >= 15 is 0 Å². The Morgan fingerprint density at radius 3 is 2.89 bits per heavy atom. The summed E-state index contributed by atoms with van der Waals surface area (Å²) < 4.78 is 5.38. The molecule has 1 heterocycles. The van der Waals surface area contributed by atoms with Crippen LogP contribution in [0.25, 0.3) is 0 Å². The Morgan fingerprint density at radius 2 is 2.26 bits per heavy atom. The van der Waals surface area contributed by atoms with Gasteiger partial charge in [0.05, 0.1) is 11.4 Å². The van der Waals surface area contributed by atoms with Crippen molar-refractivity contribution < 1.29 is 9.21 Å². The maximum atomic E-state index is 11.7. The highest BCUT2D eigenvalue weighted by molar-refractivity contribution is 7.99. The molecule has 0 bridgehead atoms. The highest BCUT2D eigenvalue weighted by atomic mass is 35.5. The number of benzene rings is 1. The average molecular weight is 297 g/mol. The Balaban J connectivity index is 1.88. The highest BCUT2D eigenvalue weighted by Gasteiger charge is 2.09. The number of aromatic nitrogens is 1. The summed E-state index contributed by atoms with van der Waals surface area (Å²) >= 11 is 7.10. The molecule has 4 nitrogen and oxygen atoms in total. The van der Waals surface area contributed by atoms with Gasteiger partial charge in [0.25, 0.3) is 5.22 Å². The van der Waals surface area contributed by atoms with Crippen molar-refractivity contribution >= 4 is 35.0 Å². The predicted molar refractivity (Wildman–Crippen MR) is 76.8 cm³/mol. The first-order valence-corrected chi connectivity index (χ1v) is 7.03. The molecule has 6 heteroatoms. The van der Waals surface area contributed by atoms with Crippen molar-refractivity contribution in [3.63, 3.8) is 0 Å². The van der Waals surface area contributed by atoms with E-state index in [-0.39, 0.29) is 11.7 Å². The Morgan fingerprint density at radius 1 is 1.47 bits per heavy atom. The monoisotopic (exact) mass is 296 g/mol. The van der Waals surface area contributed by atoms with Gasteiger partial charge in [0, 0.05) is 10.7 Å². The highest BCUT2D eigenvalue weighted by Crippen LogP contribution is 2.20. The van der Waals surface area contributed by atoms with E-state index in [9.17, 15) is 4.79 Å². The molecule has 0 aliphatic rings. The van der Waals surface area contributed by atoms with Gasteiger partial charge in [0.2, 0.25) is 5.91 Å². The van der Waals surface area contributed by atoms with Gasteiger partial charge in [-0.2, -0.15) is 0 Å². The van der Waals surface area contributed by atoms with Crippen molar-refractivity contribution in [2.45, 2.75) is 19.1 Å². The number of rotatable bonds is 4. The van der Waals surface area contributed by atoms with E-state index in [0.717, 1.165) is 11.5 Å². The third kappa shape index (κ3) is 4.01. The smallest absolute Gasteiger partial charge is 0.256 e. The van der Waals surface area contributed by atoms with Crippen LogP contribution in [0.5, 0.6) is 0 Å². The molecule has 2 aromatic rings. The van der Waals surface area contributed by atoms with Gasteiger partial charge >= 0.3 is 0 Å². The van der Waals surface area contributed by atoms with Crippen LogP contribution in [0, 0.1) is 13.8 Å². The summed E-state index contributed by atoms with van der Waals surface area (Å²) in [5, 5.41) is 3.86. The topological polar surface area (TPSA) is 55.1 Å². The van der Waals surface area contributed by atoms with Crippen molar-refractivity contribution in [3.05, 3.63) is 40.7 Å². The molecule has 0 fully saturated rings. The number of hydrogen-bond donors (Lipinski definition) is 1. The number of anilines is 1. The minimum absolute atomic E-state index is 0.124. The van der Waals surface area contributed by atoms with Crippen molar-refractivity contribution in [1.29, 1.82) is 0 Å². The summed E-state index contributed by atoms with van der Waals surface area (Å²) in [4.78, 5) is 15.9. The lowest BCUT2D eigenvalue weighted by Crippen LogP contribution is -2.13. The Labute approximate surface area is 120 Å². The van der Waals surface area contributed by atoms with Crippen LogP contribution in [-0.4, -0.2) is 16.6 Å². The third-order valence-corrected chi connectivity index (χ3v) is 3.51. The molecule has 100 valence electrons. The van der Waals surface area contributed by atoms with E-state index in [1.807, 2.05) is 13.8 Å². The van der Waals surface area contributed by atoms with Crippen LogP contribution in [0.3, 0.4) is 0 Å². The average Bonchev–Trinajstić information content (AvgIpc) is 2.66. The van der Waals surface area contributed by atoms with Gasteiger partial charge in [-0.15, -0.1) is 0 Å². The van der Waals surface area contributed by atoms with E-state index in [2.05, 4.69) is 10.3 Å². The van der Waals surface area contributed by atoms with Crippen molar-refractivity contribution in [2.24, 2.45) is 0 Å². The zero-order valence-corrected chi connectivity index (χ0v) is 12.1. The molecule has 0 saturated heterocycles. The maximum Gasteiger partial charge on any atom is 0.256 e. The first-order chi connectivity index (χ1) is 9.04. The molecule has 0 aliphatic carbocycles. The lowest BCUT2D eigenvalue weighted by molar-refractivity contribution is -0.113. The van der Waals surface area contributed by atoms with Crippen LogP contribution in [0.4, 0.5) is 5.69 Å². The fourth-order valence-corrected chi connectivity index (χ4v) is 2.30. The molecule has 19 heavy (non-hydrogen) atoms. The minimum Gasteiger partial charge on any atom is -0.437 e. The number of amides is 1. The van der Waals surface area contributed by atoms with Crippen LogP contribution in [-0.2, 0) is 4.79 Å². The van der Waals surface area contributed by atoms with Gasteiger partial charge in [-0.05, 0) is 32.0 Å². The second kappa shape index (κ2) is 6.12. The number of thioether (sulfide) groups is 1. The summed E-state index contributed by atoms with van der Waals surface area (Å²) in [5.41, 5.74) is 1.52. The third-order valence-electron chi connectivity index (χ3n) is 2.44. The molecule has 0 aliphatic heterocycles. The number of nitrogens with zero attached hydrogens (tertiary/aromatic N) is 1. The van der Waals surface area contributed by atoms with Crippen LogP contribution in [0.15, 0.2) is 33.9 Å². The van der Waals surface area contributed by atoms with Crippen LogP contribution in [0.2, 0.25) is 5.02 Å². The van der Waals surface area contributed by atoms with E-state index in [4.69, 9.17) is 16.0 Å². The normalized spacial score (nSPS) is 10.5. The molecule has 1 aromatic carbocycles. The van der Waals surface area contributed by atoms with Crippen LogP contribution in [0.1, 0.15) is 11.5 Å². The quantitative estimate of drug-likeness (QED) is 0.875. The second-order valence-corrected chi connectivity index (χ2v) is 5.33. The largest absolute Gasteiger partial charge is 0.437 e. The van der Waals surface area contributed by atoms with E-state index in [1.54, 1.807) is 24.3 Å². The predicted octanol–water partition coefficient (Wildman–Crippen LogP) is 3.68. The SMILES string of the molecule is Cc1nc(SCC(=O)Nc2cccc(Cl)c2)oc1C. The van der Waals surface area contributed by atoms with Gasteiger partial charge in [0.1, 0.15) is 5.76 Å². The maximum absolute atomic E-state index is 11.7. The van der Waals surface area contributed by atoms with Gasteiger partial charge < -0.3 is 9.73 Å². The molecule has 0 atom stereocenters. The standard InChI is InChI=1S/C13H13ClN2O2S/c1-8-9(2)18-13(15-8)19-7-12(17)16-11-5-3-4-10(14)6-11/h3-6H,7H2,1-2H3,(H,16,17). The molecule has 1 N–H and O–H groups in total. The molecule has 0 spiro atoms. The Kier molecular flexibility index (Phi) is 4.50. The fourth-order valence-electron chi connectivity index (χ4n) is 1.40. The number of hydrogen-bond acceptors (Lipinski definition) is 4. The summed E-state index contributed by atoms with van der Waals surface area (Å²) in [5.74, 6) is 0.893. The zero-order valence-electron chi connectivity index (χ0n) is 10.6. The van der Waals surface area contributed by atoms with Gasteiger partial charge in [-0.1, -0.05) is 29.4 Å². The molecule has 0 unspecified atom stereocenters. The number of halogens is 1. The second-order valence-electron chi connectivity index (χ2n) is 3.97. The lowest BCUT2D eigenvalue weighted by Gasteiger charge is -2.03. The summed E-state index contributed by atoms with van der Waals surface area (Å²) in [6, 6.07) is 7.02. The number of aryl methyl sites for hydroxylation is 2. The van der Waals surface area contributed by atoms with Gasteiger partial charge in [0.15, 0.2) is 0 Å². The van der Waals surface area contributed by atoms with Gasteiger partial charge in [-0.3, -0.25) is 4.79 Å². The van der Waals surface area contributed by atoms with E-state index in [1.165, 1.54) is 11.8 Å². The lowest BCUT2D eigenvalue weighted by atomic mass is 10.3. The van der Waals surface area contributed by atoms with Crippen molar-refractivity contribution in [2.75, 3.05) is 11.1 Å².